The summed E-state index contributed by atoms with van der Waals surface area (Å²) in [6, 6.07) is 21.4. The molecule has 0 bridgehead atoms. The van der Waals surface area contributed by atoms with Gasteiger partial charge in [0, 0.05) is 27.7 Å². The molecule has 0 unspecified atom stereocenters. The third-order valence-electron chi connectivity index (χ3n) is 5.67. The van der Waals surface area contributed by atoms with E-state index in [-0.39, 0.29) is 16.8 Å². The number of carbonyl (C=O) groups excluding carboxylic acids is 2. The van der Waals surface area contributed by atoms with E-state index in [1.54, 1.807) is 6.08 Å². The number of ether oxygens (including phenoxy) is 1. The van der Waals surface area contributed by atoms with Crippen LogP contribution in [-0.2, 0) is 17.9 Å². The monoisotopic (exact) mass is 506 g/mol. The van der Waals surface area contributed by atoms with Crippen molar-refractivity contribution in [2.75, 3.05) is 6.61 Å². The number of para-hydroxylation sites is 2. The van der Waals surface area contributed by atoms with Crippen LogP contribution in [0.5, 0.6) is 5.75 Å². The number of nitrogens with zero attached hydrogens (tertiary/aromatic N) is 2. The van der Waals surface area contributed by atoms with Gasteiger partial charge in [-0.2, -0.15) is 0 Å². The van der Waals surface area contributed by atoms with Gasteiger partial charge in [-0.15, -0.1) is 0 Å². The number of halogens is 2. The molecule has 176 valence electrons. The van der Waals surface area contributed by atoms with Crippen LogP contribution in [-0.4, -0.2) is 27.2 Å². The summed E-state index contributed by atoms with van der Waals surface area (Å²) in [4.78, 5) is 27.1. The molecule has 0 radical (unpaired) electrons. The van der Waals surface area contributed by atoms with Crippen LogP contribution in [0, 0.1) is 5.82 Å². The van der Waals surface area contributed by atoms with Crippen molar-refractivity contribution < 1.29 is 18.7 Å². The van der Waals surface area contributed by atoms with Crippen LogP contribution in [0.4, 0.5) is 9.18 Å². The normalized spacial score (nSPS) is 14.9. The molecule has 0 saturated carbocycles. The van der Waals surface area contributed by atoms with E-state index in [9.17, 15) is 14.0 Å². The van der Waals surface area contributed by atoms with E-state index in [0.29, 0.717) is 23.6 Å². The maximum absolute atomic E-state index is 13.4. The fraction of sp³-hybridized carbons (Fsp3) is 0.111. The summed E-state index contributed by atoms with van der Waals surface area (Å²) in [5.74, 6) is -0.0675. The molecular weight excluding hydrogens is 487 g/mol. The van der Waals surface area contributed by atoms with Gasteiger partial charge in [-0.25, -0.2) is 4.39 Å². The summed E-state index contributed by atoms with van der Waals surface area (Å²) < 4.78 is 21.3. The van der Waals surface area contributed by atoms with Gasteiger partial charge >= 0.3 is 0 Å². The molecule has 3 aromatic carbocycles. The second-order valence-electron chi connectivity index (χ2n) is 7.96. The number of benzene rings is 3. The molecule has 0 N–H and O–H groups in total. The average Bonchev–Trinajstić information content (AvgIpc) is 3.33. The van der Waals surface area contributed by atoms with Crippen molar-refractivity contribution >= 4 is 51.5 Å². The van der Waals surface area contributed by atoms with E-state index < -0.39 is 11.7 Å². The lowest BCUT2D eigenvalue weighted by Crippen LogP contribution is -2.27. The van der Waals surface area contributed by atoms with E-state index >= 15 is 0 Å². The number of fused-ring (bicyclic) bond motifs is 1. The van der Waals surface area contributed by atoms with Gasteiger partial charge in [-0.1, -0.05) is 54.1 Å². The fourth-order valence-electron chi connectivity index (χ4n) is 3.95. The molecule has 1 aliphatic heterocycles. The van der Waals surface area contributed by atoms with Gasteiger partial charge in [0.25, 0.3) is 11.1 Å². The zero-order valence-electron chi connectivity index (χ0n) is 18.5. The third kappa shape index (κ3) is 4.97. The number of amides is 2. The summed E-state index contributed by atoms with van der Waals surface area (Å²) >= 11 is 6.98. The Balaban J connectivity index is 1.37. The Bertz CT molecular complexity index is 1450. The van der Waals surface area contributed by atoms with Gasteiger partial charge in [0.1, 0.15) is 18.2 Å². The van der Waals surface area contributed by atoms with Crippen molar-refractivity contribution in [1.29, 1.82) is 0 Å². The highest BCUT2D eigenvalue weighted by Gasteiger charge is 2.35. The molecule has 5 nitrogen and oxygen atoms in total. The highest BCUT2D eigenvalue weighted by molar-refractivity contribution is 8.18. The fourth-order valence-corrected chi connectivity index (χ4v) is 5.01. The van der Waals surface area contributed by atoms with Crippen LogP contribution >= 0.6 is 23.4 Å². The number of thioether (sulfide) groups is 1. The summed E-state index contributed by atoms with van der Waals surface area (Å²) in [5.41, 5.74) is 2.35. The molecule has 2 heterocycles. The minimum Gasteiger partial charge on any atom is -0.492 e. The molecule has 4 aromatic rings. The Kier molecular flexibility index (Phi) is 6.61. The first-order valence-electron chi connectivity index (χ1n) is 10.9. The van der Waals surface area contributed by atoms with Crippen molar-refractivity contribution in [3.05, 3.63) is 106 Å². The molecule has 1 fully saturated rings. The zero-order valence-corrected chi connectivity index (χ0v) is 20.1. The molecule has 5 rings (SSSR count). The van der Waals surface area contributed by atoms with Crippen molar-refractivity contribution in [2.45, 2.75) is 13.1 Å². The number of hydrogen-bond donors (Lipinski definition) is 0. The molecule has 1 aliphatic rings. The number of carbonyl (C=O) groups is 2. The third-order valence-corrected chi connectivity index (χ3v) is 6.93. The number of imide groups is 1. The van der Waals surface area contributed by atoms with Gasteiger partial charge < -0.3 is 9.30 Å². The van der Waals surface area contributed by atoms with Gasteiger partial charge in [-0.3, -0.25) is 14.5 Å². The quantitative estimate of drug-likeness (QED) is 0.260. The molecule has 0 spiro atoms. The predicted octanol–water partition coefficient (Wildman–Crippen LogP) is 6.75. The van der Waals surface area contributed by atoms with Crippen molar-refractivity contribution in [3.8, 4) is 5.75 Å². The Morgan fingerprint density at radius 2 is 1.77 bits per heavy atom. The minimum absolute atomic E-state index is 0.0142. The molecule has 0 aliphatic carbocycles. The van der Waals surface area contributed by atoms with E-state index in [2.05, 4.69) is 4.57 Å². The Labute approximate surface area is 210 Å². The van der Waals surface area contributed by atoms with Gasteiger partial charge in [0.05, 0.1) is 18.0 Å². The summed E-state index contributed by atoms with van der Waals surface area (Å²) in [6.07, 6.45) is 3.71. The van der Waals surface area contributed by atoms with Crippen molar-refractivity contribution in [2.24, 2.45) is 0 Å². The highest BCUT2D eigenvalue weighted by atomic mass is 35.5. The van der Waals surface area contributed by atoms with Crippen LogP contribution in [0.3, 0.4) is 0 Å². The molecule has 2 amide bonds. The lowest BCUT2D eigenvalue weighted by molar-refractivity contribution is -0.123. The molecule has 8 heteroatoms. The van der Waals surface area contributed by atoms with Crippen LogP contribution < -0.4 is 4.74 Å². The maximum Gasteiger partial charge on any atom is 0.293 e. The summed E-state index contributed by atoms with van der Waals surface area (Å²) in [5, 5.41) is 0.760. The van der Waals surface area contributed by atoms with E-state index in [4.69, 9.17) is 16.3 Å². The smallest absolute Gasteiger partial charge is 0.293 e. The average molecular weight is 507 g/mol. The highest BCUT2D eigenvalue weighted by Crippen LogP contribution is 2.35. The molecular formula is C27H20ClFN2O3S. The largest absolute Gasteiger partial charge is 0.492 e. The Hall–Kier alpha value is -3.55. The standard InChI is InChI=1S/C27H20ClFN2O3S/c28-23-15-20(29)11-10-18(23)17-31-26(32)25(35-27(31)33)14-19-16-30(24-9-5-4-8-22(19)24)12-13-34-21-6-2-1-3-7-21/h1-11,14-16H,12-13,17H2/b25-14-. The molecule has 1 saturated heterocycles. The lowest BCUT2D eigenvalue weighted by atomic mass is 10.1. The van der Waals surface area contributed by atoms with E-state index in [0.717, 1.165) is 38.9 Å². The SMILES string of the molecule is O=C1S/C(=C\c2cn(CCOc3ccccc3)c3ccccc23)C(=O)N1Cc1ccc(F)cc1Cl. The first kappa shape index (κ1) is 23.2. The number of aromatic nitrogens is 1. The first-order chi connectivity index (χ1) is 17.0. The number of rotatable bonds is 7. The van der Waals surface area contributed by atoms with Crippen molar-refractivity contribution in [1.82, 2.24) is 9.47 Å². The maximum atomic E-state index is 13.4. The Morgan fingerprint density at radius 3 is 2.57 bits per heavy atom. The van der Waals surface area contributed by atoms with Crippen LogP contribution in [0.2, 0.25) is 5.02 Å². The Morgan fingerprint density at radius 1 is 1.00 bits per heavy atom. The van der Waals surface area contributed by atoms with Gasteiger partial charge in [0.15, 0.2) is 0 Å². The zero-order chi connectivity index (χ0) is 24.4. The number of hydrogen-bond acceptors (Lipinski definition) is 4. The van der Waals surface area contributed by atoms with E-state index in [1.165, 1.54) is 18.2 Å². The molecule has 1 aromatic heterocycles. The summed E-state index contributed by atoms with van der Waals surface area (Å²) in [6.45, 7) is 1.09. The van der Waals surface area contributed by atoms with Crippen LogP contribution in [0.1, 0.15) is 11.1 Å². The van der Waals surface area contributed by atoms with Crippen LogP contribution in [0.15, 0.2) is 83.9 Å². The molecule has 35 heavy (non-hydrogen) atoms. The minimum atomic E-state index is -0.474. The van der Waals surface area contributed by atoms with Crippen molar-refractivity contribution in [3.63, 3.8) is 0 Å². The molecule has 0 atom stereocenters. The van der Waals surface area contributed by atoms with Crippen LogP contribution in [0.25, 0.3) is 17.0 Å². The second kappa shape index (κ2) is 9.98. The van der Waals surface area contributed by atoms with Gasteiger partial charge in [0.2, 0.25) is 0 Å². The summed E-state index contributed by atoms with van der Waals surface area (Å²) in [7, 11) is 0. The lowest BCUT2D eigenvalue weighted by Gasteiger charge is -2.13. The second-order valence-corrected chi connectivity index (χ2v) is 9.36. The van der Waals surface area contributed by atoms with E-state index in [1.807, 2.05) is 60.8 Å². The topological polar surface area (TPSA) is 51.5 Å². The first-order valence-corrected chi connectivity index (χ1v) is 12.1. The predicted molar refractivity (Wildman–Crippen MR) is 137 cm³/mol. The van der Waals surface area contributed by atoms with Gasteiger partial charge in [-0.05, 0) is 53.7 Å².